The first kappa shape index (κ1) is 21.0. The molecule has 2 saturated heterocycles. The highest BCUT2D eigenvalue weighted by molar-refractivity contribution is 5.75. The molecular formula is C21H25N5O5. The summed E-state index contributed by atoms with van der Waals surface area (Å²) in [6, 6.07) is 7.59. The molecule has 2 aromatic rings. The third-order valence-electron chi connectivity index (χ3n) is 5.21. The summed E-state index contributed by atoms with van der Waals surface area (Å²) in [6.07, 6.45) is 3.66. The van der Waals surface area contributed by atoms with Crippen molar-refractivity contribution in [1.82, 2.24) is 9.97 Å². The predicted molar refractivity (Wildman–Crippen MR) is 117 cm³/mol. The fraction of sp³-hybridized carbons (Fsp3) is 0.429. The van der Waals surface area contributed by atoms with Gasteiger partial charge >= 0.3 is 5.69 Å². The lowest BCUT2D eigenvalue weighted by Crippen LogP contribution is -2.39. The summed E-state index contributed by atoms with van der Waals surface area (Å²) < 4.78 is 16.0. The first-order chi connectivity index (χ1) is 15.2. The van der Waals surface area contributed by atoms with Crippen molar-refractivity contribution in [1.29, 1.82) is 0 Å². The predicted octanol–water partition coefficient (Wildman–Crippen LogP) is 2.24. The number of aromatic nitrogens is 2. The van der Waals surface area contributed by atoms with Crippen molar-refractivity contribution in [3.05, 3.63) is 45.8 Å². The zero-order chi connectivity index (χ0) is 21.6. The zero-order valence-electron chi connectivity index (χ0n) is 17.4. The maximum absolute atomic E-state index is 12.1. The van der Waals surface area contributed by atoms with Gasteiger partial charge in [0.1, 0.15) is 5.75 Å². The summed E-state index contributed by atoms with van der Waals surface area (Å²) in [5, 5.41) is 12.1. The van der Waals surface area contributed by atoms with Crippen molar-refractivity contribution in [2.45, 2.75) is 0 Å². The van der Waals surface area contributed by atoms with E-state index in [-0.39, 0.29) is 10.6 Å². The Morgan fingerprint density at radius 2 is 1.45 bits per heavy atom. The second-order valence-electron chi connectivity index (χ2n) is 7.14. The summed E-state index contributed by atoms with van der Waals surface area (Å²) >= 11 is 0. The monoisotopic (exact) mass is 427 g/mol. The van der Waals surface area contributed by atoms with Gasteiger partial charge in [-0.15, -0.1) is 0 Å². The molecule has 0 bridgehead atoms. The number of benzene rings is 1. The molecule has 2 aliphatic rings. The number of anilines is 2. The molecule has 1 aromatic carbocycles. The molecule has 4 rings (SSSR count). The van der Waals surface area contributed by atoms with E-state index in [1.165, 1.54) is 0 Å². The molecular weight excluding hydrogens is 402 g/mol. The van der Waals surface area contributed by atoms with Gasteiger partial charge in [-0.1, -0.05) is 18.2 Å². The lowest BCUT2D eigenvalue weighted by Gasteiger charge is -2.31. The molecule has 0 radical (unpaired) electrons. The Bertz CT molecular complexity index is 899. The number of rotatable bonds is 6. The number of methoxy groups -OCH3 is 1. The molecule has 3 heterocycles. The smallest absolute Gasteiger partial charge is 0.353 e. The Balaban J connectivity index is 1.74. The molecule has 0 N–H and O–H groups in total. The topological polar surface area (TPSA) is 103 Å². The molecule has 164 valence electrons. The standard InChI is InChI=1S/C21H25N5O5/c1-29-17-5-2-16(3-6-17)4-7-18-22-20(24-8-12-30-13-9-24)19(26(27)28)21(23-18)25-10-14-31-15-11-25/h2-7H,8-15H2,1H3. The van der Waals surface area contributed by atoms with Gasteiger partial charge in [-0.2, -0.15) is 0 Å². The van der Waals surface area contributed by atoms with Crippen LogP contribution < -0.4 is 14.5 Å². The number of nitro groups is 1. The quantitative estimate of drug-likeness (QED) is 0.507. The fourth-order valence-electron chi connectivity index (χ4n) is 3.56. The van der Waals surface area contributed by atoms with Crippen molar-refractivity contribution in [3.63, 3.8) is 0 Å². The third kappa shape index (κ3) is 4.92. The van der Waals surface area contributed by atoms with Crippen LogP contribution in [0.1, 0.15) is 11.4 Å². The summed E-state index contributed by atoms with van der Waals surface area (Å²) in [5.74, 6) is 1.86. The Labute approximate surface area is 180 Å². The summed E-state index contributed by atoms with van der Waals surface area (Å²) in [5.41, 5.74) is 0.883. The molecule has 10 heteroatoms. The summed E-state index contributed by atoms with van der Waals surface area (Å²) in [7, 11) is 1.62. The van der Waals surface area contributed by atoms with Crippen molar-refractivity contribution >= 4 is 29.5 Å². The molecule has 0 saturated carbocycles. The van der Waals surface area contributed by atoms with Gasteiger partial charge in [0.15, 0.2) is 5.82 Å². The Hall–Kier alpha value is -3.24. The summed E-state index contributed by atoms with van der Waals surface area (Å²) in [6.45, 7) is 4.19. The van der Waals surface area contributed by atoms with Crippen LogP contribution in [0.4, 0.5) is 17.3 Å². The van der Waals surface area contributed by atoms with Crippen LogP contribution in [0.3, 0.4) is 0 Å². The van der Waals surface area contributed by atoms with E-state index in [4.69, 9.17) is 14.2 Å². The number of ether oxygens (including phenoxy) is 3. The number of hydrogen-bond donors (Lipinski definition) is 0. The van der Waals surface area contributed by atoms with Gasteiger partial charge in [0.25, 0.3) is 0 Å². The Morgan fingerprint density at radius 3 is 1.90 bits per heavy atom. The highest BCUT2D eigenvalue weighted by atomic mass is 16.6. The molecule has 0 aliphatic carbocycles. The molecule has 10 nitrogen and oxygen atoms in total. The van der Waals surface area contributed by atoms with Gasteiger partial charge in [0.2, 0.25) is 11.6 Å². The van der Waals surface area contributed by atoms with E-state index >= 15 is 0 Å². The fourth-order valence-corrected chi connectivity index (χ4v) is 3.56. The van der Waals surface area contributed by atoms with Crippen molar-refractivity contribution in [2.75, 3.05) is 69.5 Å². The Morgan fingerprint density at radius 1 is 0.935 bits per heavy atom. The maximum atomic E-state index is 12.1. The van der Waals surface area contributed by atoms with Crippen LogP contribution in [0, 0.1) is 10.1 Å². The van der Waals surface area contributed by atoms with Gasteiger partial charge < -0.3 is 24.0 Å². The highest BCUT2D eigenvalue weighted by Gasteiger charge is 2.32. The average Bonchev–Trinajstić information content (AvgIpc) is 2.83. The minimum Gasteiger partial charge on any atom is -0.497 e. The van der Waals surface area contributed by atoms with E-state index < -0.39 is 0 Å². The molecule has 0 atom stereocenters. The van der Waals surface area contributed by atoms with E-state index in [0.29, 0.717) is 70.1 Å². The second-order valence-corrected chi connectivity index (χ2v) is 7.14. The normalized spacial score (nSPS) is 17.2. The van der Waals surface area contributed by atoms with E-state index in [0.717, 1.165) is 11.3 Å². The van der Waals surface area contributed by atoms with Gasteiger partial charge in [-0.3, -0.25) is 10.1 Å². The van der Waals surface area contributed by atoms with Crippen LogP contribution in [-0.4, -0.2) is 74.6 Å². The zero-order valence-corrected chi connectivity index (χ0v) is 17.4. The average molecular weight is 427 g/mol. The molecule has 0 amide bonds. The number of hydrogen-bond acceptors (Lipinski definition) is 9. The van der Waals surface area contributed by atoms with Crippen LogP contribution in [0.15, 0.2) is 24.3 Å². The molecule has 0 unspecified atom stereocenters. The number of nitrogens with zero attached hydrogens (tertiary/aromatic N) is 5. The SMILES string of the molecule is COc1ccc(C=Cc2nc(N3CCOCC3)c([N+](=O)[O-])c(N3CCOCC3)n2)cc1. The van der Waals surface area contributed by atoms with Crippen LogP contribution in [-0.2, 0) is 9.47 Å². The first-order valence-electron chi connectivity index (χ1n) is 10.2. The highest BCUT2D eigenvalue weighted by Crippen LogP contribution is 2.36. The Kier molecular flexibility index (Phi) is 6.58. The lowest BCUT2D eigenvalue weighted by atomic mass is 10.2. The van der Waals surface area contributed by atoms with Crippen molar-refractivity contribution in [2.24, 2.45) is 0 Å². The molecule has 1 aromatic heterocycles. The first-order valence-corrected chi connectivity index (χ1v) is 10.2. The van der Waals surface area contributed by atoms with Crippen LogP contribution >= 0.6 is 0 Å². The van der Waals surface area contributed by atoms with Gasteiger partial charge in [0.05, 0.1) is 38.5 Å². The molecule has 31 heavy (non-hydrogen) atoms. The van der Waals surface area contributed by atoms with Crippen LogP contribution in [0.25, 0.3) is 12.2 Å². The van der Waals surface area contributed by atoms with Crippen LogP contribution in [0.2, 0.25) is 0 Å². The largest absolute Gasteiger partial charge is 0.497 e. The molecule has 0 spiro atoms. The van der Waals surface area contributed by atoms with E-state index in [2.05, 4.69) is 9.97 Å². The number of morpholine rings is 2. The molecule has 2 fully saturated rings. The van der Waals surface area contributed by atoms with Gasteiger partial charge in [-0.25, -0.2) is 9.97 Å². The van der Waals surface area contributed by atoms with Gasteiger partial charge in [0, 0.05) is 26.2 Å². The van der Waals surface area contributed by atoms with E-state index in [1.54, 1.807) is 13.2 Å². The van der Waals surface area contributed by atoms with E-state index in [1.807, 2.05) is 40.1 Å². The van der Waals surface area contributed by atoms with Crippen LogP contribution in [0.5, 0.6) is 5.75 Å². The van der Waals surface area contributed by atoms with Gasteiger partial charge in [-0.05, 0) is 23.8 Å². The lowest BCUT2D eigenvalue weighted by molar-refractivity contribution is -0.383. The summed E-state index contributed by atoms with van der Waals surface area (Å²) in [4.78, 5) is 24.6. The minimum absolute atomic E-state index is 0.0644. The van der Waals surface area contributed by atoms with Crippen molar-refractivity contribution < 1.29 is 19.1 Å². The third-order valence-corrected chi connectivity index (χ3v) is 5.21. The molecule has 2 aliphatic heterocycles. The van der Waals surface area contributed by atoms with E-state index in [9.17, 15) is 10.1 Å². The second kappa shape index (κ2) is 9.71. The van der Waals surface area contributed by atoms with Crippen molar-refractivity contribution in [3.8, 4) is 5.75 Å². The minimum atomic E-state index is -0.382. The maximum Gasteiger partial charge on any atom is 0.353 e.